The molecular weight excluding hydrogens is 146 g/mol. The standard InChI is InChI=1S/C7H13NO3/c9-4-1-5-7(11)6(10)3-8(5)2-4/h4-7,9-11H,1-3H2/t4-,5-,6+,7-/m1/s1. The van der Waals surface area contributed by atoms with Gasteiger partial charge in [0.05, 0.1) is 18.3 Å². The van der Waals surface area contributed by atoms with Crippen molar-refractivity contribution in [3.05, 3.63) is 0 Å². The number of rotatable bonds is 0. The van der Waals surface area contributed by atoms with Crippen molar-refractivity contribution < 1.29 is 15.3 Å². The summed E-state index contributed by atoms with van der Waals surface area (Å²) in [5.74, 6) is 0. The van der Waals surface area contributed by atoms with Gasteiger partial charge in [0, 0.05) is 19.1 Å². The molecule has 0 aromatic heterocycles. The molecule has 2 aliphatic heterocycles. The van der Waals surface area contributed by atoms with Gasteiger partial charge in [-0.25, -0.2) is 0 Å². The fourth-order valence-corrected chi connectivity index (χ4v) is 2.08. The average molecular weight is 159 g/mol. The maximum absolute atomic E-state index is 9.38. The Bertz CT molecular complexity index is 164. The summed E-state index contributed by atoms with van der Waals surface area (Å²) in [5.41, 5.74) is 0. The fraction of sp³-hybridized carbons (Fsp3) is 1.00. The summed E-state index contributed by atoms with van der Waals surface area (Å²) in [4.78, 5) is 1.94. The van der Waals surface area contributed by atoms with Crippen LogP contribution in [0.5, 0.6) is 0 Å². The number of hydrogen-bond acceptors (Lipinski definition) is 4. The zero-order valence-corrected chi connectivity index (χ0v) is 6.22. The molecule has 4 atom stereocenters. The van der Waals surface area contributed by atoms with Gasteiger partial charge in [0.25, 0.3) is 0 Å². The quantitative estimate of drug-likeness (QED) is 0.388. The van der Waals surface area contributed by atoms with E-state index in [0.717, 1.165) is 0 Å². The Morgan fingerprint density at radius 2 is 1.82 bits per heavy atom. The van der Waals surface area contributed by atoms with Gasteiger partial charge in [-0.05, 0) is 6.42 Å². The zero-order chi connectivity index (χ0) is 8.01. The normalized spacial score (nSPS) is 51.5. The molecule has 11 heavy (non-hydrogen) atoms. The third kappa shape index (κ3) is 1.06. The van der Waals surface area contributed by atoms with E-state index in [0.29, 0.717) is 19.5 Å². The van der Waals surface area contributed by atoms with E-state index in [1.807, 2.05) is 4.90 Å². The first-order valence-corrected chi connectivity index (χ1v) is 3.96. The highest BCUT2D eigenvalue weighted by atomic mass is 16.3. The molecule has 64 valence electrons. The van der Waals surface area contributed by atoms with E-state index < -0.39 is 12.2 Å². The molecule has 0 unspecified atom stereocenters. The van der Waals surface area contributed by atoms with Crippen molar-refractivity contribution in [3.63, 3.8) is 0 Å². The molecule has 0 aliphatic carbocycles. The Labute approximate surface area is 65.1 Å². The molecule has 0 amide bonds. The van der Waals surface area contributed by atoms with Crippen LogP contribution in [0.4, 0.5) is 0 Å². The summed E-state index contributed by atoms with van der Waals surface area (Å²) in [7, 11) is 0. The summed E-state index contributed by atoms with van der Waals surface area (Å²) in [6, 6.07) is -0.0139. The summed E-state index contributed by atoms with van der Waals surface area (Å²) >= 11 is 0. The molecule has 0 saturated carbocycles. The summed E-state index contributed by atoms with van der Waals surface area (Å²) in [6.07, 6.45) is -1.00. The largest absolute Gasteiger partial charge is 0.392 e. The second kappa shape index (κ2) is 2.42. The van der Waals surface area contributed by atoms with Crippen molar-refractivity contribution in [2.75, 3.05) is 13.1 Å². The van der Waals surface area contributed by atoms with Gasteiger partial charge in [-0.15, -0.1) is 0 Å². The average Bonchev–Trinajstić information content (AvgIpc) is 2.37. The second-order valence-corrected chi connectivity index (χ2v) is 3.47. The van der Waals surface area contributed by atoms with E-state index in [-0.39, 0.29) is 12.1 Å². The predicted octanol–water partition coefficient (Wildman–Crippen LogP) is -1.84. The molecule has 3 N–H and O–H groups in total. The maximum Gasteiger partial charge on any atom is 0.0967 e. The number of aliphatic hydroxyl groups is 3. The Balaban J connectivity index is 2.07. The topological polar surface area (TPSA) is 63.9 Å². The smallest absolute Gasteiger partial charge is 0.0967 e. The van der Waals surface area contributed by atoms with Crippen molar-refractivity contribution in [1.29, 1.82) is 0 Å². The van der Waals surface area contributed by atoms with E-state index in [2.05, 4.69) is 0 Å². The molecule has 2 aliphatic rings. The van der Waals surface area contributed by atoms with E-state index in [9.17, 15) is 15.3 Å². The highest BCUT2D eigenvalue weighted by Gasteiger charge is 2.45. The predicted molar refractivity (Wildman–Crippen MR) is 38.0 cm³/mol. The first-order chi connectivity index (χ1) is 5.18. The Morgan fingerprint density at radius 3 is 2.45 bits per heavy atom. The molecule has 2 heterocycles. The molecular formula is C7H13NO3. The number of fused-ring (bicyclic) bond motifs is 1. The van der Waals surface area contributed by atoms with Crippen LogP contribution in [-0.2, 0) is 0 Å². The lowest BCUT2D eigenvalue weighted by molar-refractivity contribution is 0.0343. The Hall–Kier alpha value is -0.160. The minimum absolute atomic E-state index is 0.0139. The molecule has 0 aromatic rings. The van der Waals surface area contributed by atoms with Crippen molar-refractivity contribution in [2.45, 2.75) is 30.8 Å². The lowest BCUT2D eigenvalue weighted by atomic mass is 10.1. The van der Waals surface area contributed by atoms with E-state index in [1.54, 1.807) is 0 Å². The van der Waals surface area contributed by atoms with Crippen LogP contribution in [0.2, 0.25) is 0 Å². The molecule has 0 bridgehead atoms. The van der Waals surface area contributed by atoms with Crippen LogP contribution in [0.15, 0.2) is 0 Å². The van der Waals surface area contributed by atoms with Gasteiger partial charge in [0.1, 0.15) is 0 Å². The van der Waals surface area contributed by atoms with Gasteiger partial charge < -0.3 is 15.3 Å². The number of hydrogen-bond donors (Lipinski definition) is 3. The van der Waals surface area contributed by atoms with Gasteiger partial charge in [-0.1, -0.05) is 0 Å². The fourth-order valence-electron chi connectivity index (χ4n) is 2.08. The van der Waals surface area contributed by atoms with Crippen LogP contribution >= 0.6 is 0 Å². The lowest BCUT2D eigenvalue weighted by Gasteiger charge is -2.14. The molecule has 0 radical (unpaired) electrons. The second-order valence-electron chi connectivity index (χ2n) is 3.47. The summed E-state index contributed by atoms with van der Waals surface area (Å²) < 4.78 is 0. The zero-order valence-electron chi connectivity index (χ0n) is 6.22. The van der Waals surface area contributed by atoms with Crippen LogP contribution in [-0.4, -0.2) is 57.7 Å². The van der Waals surface area contributed by atoms with Gasteiger partial charge in [-0.2, -0.15) is 0 Å². The van der Waals surface area contributed by atoms with Crippen molar-refractivity contribution in [1.82, 2.24) is 4.90 Å². The van der Waals surface area contributed by atoms with Crippen molar-refractivity contribution in [2.24, 2.45) is 0 Å². The first-order valence-electron chi connectivity index (χ1n) is 3.96. The van der Waals surface area contributed by atoms with Crippen LogP contribution < -0.4 is 0 Å². The molecule has 2 fully saturated rings. The van der Waals surface area contributed by atoms with Gasteiger partial charge >= 0.3 is 0 Å². The molecule has 2 saturated heterocycles. The van der Waals surface area contributed by atoms with Crippen LogP contribution in [0.1, 0.15) is 6.42 Å². The monoisotopic (exact) mass is 159 g/mol. The first kappa shape index (κ1) is 7.49. The number of nitrogens with zero attached hydrogens (tertiary/aromatic N) is 1. The van der Waals surface area contributed by atoms with Crippen molar-refractivity contribution >= 4 is 0 Å². The van der Waals surface area contributed by atoms with E-state index in [1.165, 1.54) is 0 Å². The summed E-state index contributed by atoms with van der Waals surface area (Å²) in [6.45, 7) is 1.10. The number of aliphatic hydroxyl groups excluding tert-OH is 3. The molecule has 4 heteroatoms. The van der Waals surface area contributed by atoms with Gasteiger partial charge in [0.2, 0.25) is 0 Å². The van der Waals surface area contributed by atoms with Crippen LogP contribution in [0, 0.1) is 0 Å². The highest BCUT2D eigenvalue weighted by Crippen LogP contribution is 2.28. The van der Waals surface area contributed by atoms with Gasteiger partial charge in [-0.3, -0.25) is 4.90 Å². The van der Waals surface area contributed by atoms with E-state index in [4.69, 9.17) is 0 Å². The van der Waals surface area contributed by atoms with E-state index >= 15 is 0 Å². The molecule has 0 aromatic carbocycles. The molecule has 0 spiro atoms. The summed E-state index contributed by atoms with van der Waals surface area (Å²) in [5, 5.41) is 27.8. The Morgan fingerprint density at radius 1 is 1.09 bits per heavy atom. The highest BCUT2D eigenvalue weighted by molar-refractivity contribution is 4.99. The van der Waals surface area contributed by atoms with Crippen LogP contribution in [0.3, 0.4) is 0 Å². The van der Waals surface area contributed by atoms with Crippen molar-refractivity contribution in [3.8, 4) is 0 Å². The SMILES string of the molecule is O[C@@H]1C[C@@H]2[C@@H](O)[C@@H](O)CN2C1. The van der Waals surface area contributed by atoms with Gasteiger partial charge in [0.15, 0.2) is 0 Å². The minimum atomic E-state index is -0.660. The lowest BCUT2D eigenvalue weighted by Crippen LogP contribution is -2.31. The molecule has 2 rings (SSSR count). The third-order valence-corrected chi connectivity index (χ3v) is 2.64. The molecule has 4 nitrogen and oxygen atoms in total. The Kier molecular flexibility index (Phi) is 1.64. The van der Waals surface area contributed by atoms with Crippen LogP contribution in [0.25, 0.3) is 0 Å². The third-order valence-electron chi connectivity index (χ3n) is 2.64. The minimum Gasteiger partial charge on any atom is -0.392 e. The maximum atomic E-state index is 9.38.